The largest absolute Gasteiger partial charge is 0.491 e. The van der Waals surface area contributed by atoms with Gasteiger partial charge >= 0.3 is 5.97 Å². The van der Waals surface area contributed by atoms with Crippen molar-refractivity contribution in [1.29, 1.82) is 0 Å². The second kappa shape index (κ2) is 7.71. The van der Waals surface area contributed by atoms with Gasteiger partial charge in [-0.15, -0.1) is 0 Å². The zero-order valence-corrected chi connectivity index (χ0v) is 11.2. The molecule has 0 aliphatic carbocycles. The number of aryl methyl sites for hydroxylation is 1. The minimum atomic E-state index is -0.425. The van der Waals surface area contributed by atoms with Crippen molar-refractivity contribution in [1.82, 2.24) is 5.32 Å². The number of carbonyl (C=O) groups is 1. The lowest BCUT2D eigenvalue weighted by Crippen LogP contribution is -2.42. The van der Waals surface area contributed by atoms with Crippen LogP contribution in [0.2, 0.25) is 0 Å². The number of rotatable bonds is 7. The highest BCUT2D eigenvalue weighted by atomic mass is 16.5. The highest BCUT2D eigenvalue weighted by Crippen LogP contribution is 2.12. The molecule has 0 radical (unpaired) electrons. The lowest BCUT2D eigenvalue weighted by molar-refractivity contribution is -0.143. The summed E-state index contributed by atoms with van der Waals surface area (Å²) in [6.45, 7) is 5.00. The third-order valence-corrected chi connectivity index (χ3v) is 2.68. The molecular formula is C14H21NO3. The number of methoxy groups -OCH3 is 1. The summed E-state index contributed by atoms with van der Waals surface area (Å²) in [6.07, 6.45) is 1.00. The molecule has 0 saturated heterocycles. The third-order valence-electron chi connectivity index (χ3n) is 2.68. The Morgan fingerprint density at radius 2 is 1.94 bits per heavy atom. The Balaban J connectivity index is 2.52. The van der Waals surface area contributed by atoms with Gasteiger partial charge in [-0.25, -0.2) is 0 Å². The second-order valence-corrected chi connectivity index (χ2v) is 3.94. The number of hydrogen-bond acceptors (Lipinski definition) is 4. The maximum Gasteiger partial charge on any atom is 0.326 e. The third kappa shape index (κ3) is 4.37. The van der Waals surface area contributed by atoms with Crippen LogP contribution in [-0.4, -0.2) is 32.3 Å². The van der Waals surface area contributed by atoms with E-state index in [1.165, 1.54) is 12.7 Å². The topological polar surface area (TPSA) is 47.6 Å². The molecule has 0 fully saturated rings. The van der Waals surface area contributed by atoms with Crippen molar-refractivity contribution >= 4 is 5.97 Å². The fourth-order valence-electron chi connectivity index (χ4n) is 1.60. The lowest BCUT2D eigenvalue weighted by atomic mass is 10.2. The Morgan fingerprint density at radius 3 is 2.44 bits per heavy atom. The minimum absolute atomic E-state index is 0.270. The Hall–Kier alpha value is -1.55. The van der Waals surface area contributed by atoms with Crippen LogP contribution in [0.3, 0.4) is 0 Å². The Labute approximate surface area is 108 Å². The molecule has 0 bridgehead atoms. The molecule has 18 heavy (non-hydrogen) atoms. The maximum atomic E-state index is 11.5. The number of likely N-dealkylation sites (N-methyl/N-ethyl adjacent to an activating group) is 1. The molecule has 1 aromatic carbocycles. The fourth-order valence-corrected chi connectivity index (χ4v) is 1.60. The molecule has 4 nitrogen and oxygen atoms in total. The average molecular weight is 251 g/mol. The number of esters is 1. The molecular weight excluding hydrogens is 230 g/mol. The highest BCUT2D eigenvalue weighted by molar-refractivity contribution is 5.75. The monoisotopic (exact) mass is 251 g/mol. The fraction of sp³-hybridized carbons (Fsp3) is 0.500. The van der Waals surface area contributed by atoms with Crippen LogP contribution in [0.4, 0.5) is 0 Å². The van der Waals surface area contributed by atoms with E-state index in [0.717, 1.165) is 12.2 Å². The standard InChI is InChI=1S/C14H21NO3/c1-4-11-6-8-12(9-7-11)18-10-13(15-5-2)14(16)17-3/h6-9,13,15H,4-5,10H2,1-3H3. The number of benzene rings is 1. The van der Waals surface area contributed by atoms with Crippen molar-refractivity contribution in [3.63, 3.8) is 0 Å². The van der Waals surface area contributed by atoms with Crippen molar-refractivity contribution in [3.8, 4) is 5.75 Å². The molecule has 1 aromatic rings. The average Bonchev–Trinajstić information content (AvgIpc) is 2.43. The van der Waals surface area contributed by atoms with Crippen LogP contribution < -0.4 is 10.1 Å². The minimum Gasteiger partial charge on any atom is -0.491 e. The van der Waals surface area contributed by atoms with E-state index in [0.29, 0.717) is 6.54 Å². The van der Waals surface area contributed by atoms with E-state index in [1.54, 1.807) is 0 Å². The second-order valence-electron chi connectivity index (χ2n) is 3.94. The predicted octanol–water partition coefficient (Wildman–Crippen LogP) is 1.78. The number of hydrogen-bond donors (Lipinski definition) is 1. The van der Waals surface area contributed by atoms with Gasteiger partial charge in [0.25, 0.3) is 0 Å². The van der Waals surface area contributed by atoms with Gasteiger partial charge in [0.05, 0.1) is 7.11 Å². The quantitative estimate of drug-likeness (QED) is 0.750. The Kier molecular flexibility index (Phi) is 6.22. The number of ether oxygens (including phenoxy) is 2. The summed E-state index contributed by atoms with van der Waals surface area (Å²) < 4.78 is 10.3. The summed E-state index contributed by atoms with van der Waals surface area (Å²) in [7, 11) is 1.38. The molecule has 0 aliphatic heterocycles. The molecule has 4 heteroatoms. The van der Waals surface area contributed by atoms with E-state index in [-0.39, 0.29) is 12.6 Å². The zero-order chi connectivity index (χ0) is 13.4. The van der Waals surface area contributed by atoms with Crippen LogP contribution in [0, 0.1) is 0 Å². The molecule has 100 valence electrons. The number of nitrogens with one attached hydrogen (secondary N) is 1. The molecule has 1 atom stereocenters. The van der Waals surface area contributed by atoms with Crippen LogP contribution in [0.15, 0.2) is 24.3 Å². The first-order chi connectivity index (χ1) is 8.71. The maximum absolute atomic E-state index is 11.5. The first-order valence-corrected chi connectivity index (χ1v) is 6.24. The van der Waals surface area contributed by atoms with Crippen LogP contribution in [0.25, 0.3) is 0 Å². The van der Waals surface area contributed by atoms with Crippen molar-refractivity contribution in [3.05, 3.63) is 29.8 Å². The van der Waals surface area contributed by atoms with Gasteiger partial charge < -0.3 is 14.8 Å². The molecule has 0 spiro atoms. The predicted molar refractivity (Wildman–Crippen MR) is 70.8 cm³/mol. The van der Waals surface area contributed by atoms with Crippen LogP contribution in [0.1, 0.15) is 19.4 Å². The SMILES string of the molecule is CCNC(COc1ccc(CC)cc1)C(=O)OC. The van der Waals surface area contributed by atoms with Crippen LogP contribution in [-0.2, 0) is 16.0 Å². The van der Waals surface area contributed by atoms with Crippen molar-refractivity contribution < 1.29 is 14.3 Å². The molecule has 0 amide bonds. The van der Waals surface area contributed by atoms with E-state index >= 15 is 0 Å². The molecule has 1 rings (SSSR count). The molecule has 0 aliphatic rings. The van der Waals surface area contributed by atoms with Gasteiger partial charge in [0.1, 0.15) is 18.4 Å². The van der Waals surface area contributed by atoms with E-state index in [4.69, 9.17) is 9.47 Å². The van der Waals surface area contributed by atoms with E-state index in [1.807, 2.05) is 31.2 Å². The van der Waals surface area contributed by atoms with Crippen molar-refractivity contribution in [2.45, 2.75) is 26.3 Å². The van der Waals surface area contributed by atoms with Gasteiger partial charge in [-0.05, 0) is 30.7 Å². The van der Waals surface area contributed by atoms with Gasteiger partial charge in [-0.1, -0.05) is 26.0 Å². The van der Waals surface area contributed by atoms with Gasteiger partial charge in [-0.2, -0.15) is 0 Å². The van der Waals surface area contributed by atoms with E-state index in [9.17, 15) is 4.79 Å². The first kappa shape index (κ1) is 14.5. The zero-order valence-electron chi connectivity index (χ0n) is 11.2. The van der Waals surface area contributed by atoms with E-state index in [2.05, 4.69) is 12.2 Å². The normalized spacial score (nSPS) is 11.9. The first-order valence-electron chi connectivity index (χ1n) is 6.24. The van der Waals surface area contributed by atoms with Gasteiger partial charge in [0.15, 0.2) is 0 Å². The Bertz CT molecular complexity index is 362. The van der Waals surface area contributed by atoms with Crippen molar-refractivity contribution in [2.75, 3.05) is 20.3 Å². The van der Waals surface area contributed by atoms with Gasteiger partial charge in [0.2, 0.25) is 0 Å². The summed E-state index contributed by atoms with van der Waals surface area (Å²) in [5.41, 5.74) is 1.26. The van der Waals surface area contributed by atoms with Gasteiger partial charge in [-0.3, -0.25) is 4.79 Å². The summed E-state index contributed by atoms with van der Waals surface area (Å²) in [6, 6.07) is 7.45. The number of carbonyl (C=O) groups excluding carboxylic acids is 1. The lowest BCUT2D eigenvalue weighted by Gasteiger charge is -2.16. The molecule has 0 aromatic heterocycles. The molecule has 1 unspecified atom stereocenters. The molecule has 0 saturated carbocycles. The van der Waals surface area contributed by atoms with Gasteiger partial charge in [0, 0.05) is 0 Å². The van der Waals surface area contributed by atoms with Crippen LogP contribution in [0.5, 0.6) is 5.75 Å². The summed E-state index contributed by atoms with van der Waals surface area (Å²) in [5.74, 6) is 0.459. The summed E-state index contributed by atoms with van der Waals surface area (Å²) in [4.78, 5) is 11.5. The smallest absolute Gasteiger partial charge is 0.326 e. The molecule has 0 heterocycles. The van der Waals surface area contributed by atoms with Crippen molar-refractivity contribution in [2.24, 2.45) is 0 Å². The highest BCUT2D eigenvalue weighted by Gasteiger charge is 2.18. The summed E-state index contributed by atoms with van der Waals surface area (Å²) >= 11 is 0. The molecule has 1 N–H and O–H groups in total. The Morgan fingerprint density at radius 1 is 1.28 bits per heavy atom. The summed E-state index contributed by atoms with van der Waals surface area (Å²) in [5, 5.41) is 3.03. The van der Waals surface area contributed by atoms with E-state index < -0.39 is 6.04 Å². The van der Waals surface area contributed by atoms with Crippen LogP contribution >= 0.6 is 0 Å².